The molecule has 1 aliphatic carbocycles. The van der Waals surface area contributed by atoms with E-state index in [1.807, 2.05) is 18.2 Å². The number of benzene rings is 2. The lowest BCUT2D eigenvalue weighted by molar-refractivity contribution is 0.0697. The fraction of sp³-hybridized carbons (Fsp3) is 0.500. The van der Waals surface area contributed by atoms with Crippen LogP contribution in [0.4, 0.5) is 5.69 Å². The number of carboxylic acid groups (broad SMARTS) is 1. The van der Waals surface area contributed by atoms with Crippen LogP contribution in [0.3, 0.4) is 0 Å². The summed E-state index contributed by atoms with van der Waals surface area (Å²) in [6.45, 7) is 7.41. The molecule has 1 aromatic heterocycles. The van der Waals surface area contributed by atoms with Crippen LogP contribution in [0.1, 0.15) is 67.3 Å². The molecule has 7 heteroatoms. The van der Waals surface area contributed by atoms with Crippen molar-refractivity contribution < 1.29 is 15.0 Å². The van der Waals surface area contributed by atoms with Crippen molar-refractivity contribution in [1.29, 1.82) is 0 Å². The molecular formula is C30H38ClN3O3. The van der Waals surface area contributed by atoms with Crippen LogP contribution in [0.15, 0.2) is 36.4 Å². The summed E-state index contributed by atoms with van der Waals surface area (Å²) < 4.78 is 2.38. The van der Waals surface area contributed by atoms with Gasteiger partial charge in [-0.2, -0.15) is 0 Å². The monoisotopic (exact) mass is 523 g/mol. The van der Waals surface area contributed by atoms with E-state index in [2.05, 4.69) is 33.4 Å². The molecule has 0 radical (unpaired) electrons. The van der Waals surface area contributed by atoms with Gasteiger partial charge in [0.2, 0.25) is 0 Å². The number of hydrogen-bond acceptors (Lipinski definition) is 4. The van der Waals surface area contributed by atoms with Crippen molar-refractivity contribution in [3.63, 3.8) is 0 Å². The van der Waals surface area contributed by atoms with Crippen molar-refractivity contribution in [2.75, 3.05) is 44.2 Å². The maximum Gasteiger partial charge on any atom is 0.335 e. The first-order valence-electron chi connectivity index (χ1n) is 13.8. The maximum atomic E-state index is 11.9. The van der Waals surface area contributed by atoms with E-state index in [0.29, 0.717) is 18.0 Å². The Balaban J connectivity index is 1.60. The first-order valence-corrected chi connectivity index (χ1v) is 14.2. The van der Waals surface area contributed by atoms with E-state index < -0.39 is 5.97 Å². The summed E-state index contributed by atoms with van der Waals surface area (Å²) in [6.07, 6.45) is 7.12. The van der Waals surface area contributed by atoms with Crippen molar-refractivity contribution in [3.05, 3.63) is 52.5 Å². The number of anilines is 1. The van der Waals surface area contributed by atoms with Gasteiger partial charge in [-0.3, -0.25) is 0 Å². The molecule has 2 aliphatic rings. The number of rotatable bonds is 9. The number of aromatic nitrogens is 1. The van der Waals surface area contributed by atoms with Gasteiger partial charge in [-0.15, -0.1) is 0 Å². The first kappa shape index (κ1) is 26.1. The SMILES string of the molecule is CCN(CCO)CCCN1CCn2c(c(C3CCCCC3)c3ccc(C(=O)O)cc32)-c2ccc(Cl)cc21. The molecule has 0 amide bonds. The Labute approximate surface area is 224 Å². The zero-order valence-electron chi connectivity index (χ0n) is 21.8. The Morgan fingerprint density at radius 3 is 2.62 bits per heavy atom. The number of fused-ring (bicyclic) bond motifs is 5. The van der Waals surface area contributed by atoms with Gasteiger partial charge in [0.1, 0.15) is 0 Å². The molecule has 1 fully saturated rings. The highest BCUT2D eigenvalue weighted by atomic mass is 35.5. The number of likely N-dealkylation sites (N-methyl/N-ethyl adjacent to an activating group) is 1. The average molecular weight is 524 g/mol. The molecule has 2 aromatic carbocycles. The first-order chi connectivity index (χ1) is 18.0. The summed E-state index contributed by atoms with van der Waals surface area (Å²) in [5.74, 6) is -0.405. The van der Waals surface area contributed by atoms with Crippen LogP contribution in [0, 0.1) is 0 Å². The summed E-state index contributed by atoms with van der Waals surface area (Å²) in [5, 5.41) is 21.0. The lowest BCUT2D eigenvalue weighted by Gasteiger charge is -2.27. The van der Waals surface area contributed by atoms with Crippen molar-refractivity contribution in [2.45, 2.75) is 57.9 Å². The highest BCUT2D eigenvalue weighted by Gasteiger charge is 2.30. The van der Waals surface area contributed by atoms with Crippen LogP contribution in [0.25, 0.3) is 22.2 Å². The molecule has 5 rings (SSSR count). The van der Waals surface area contributed by atoms with Gasteiger partial charge in [-0.25, -0.2) is 4.79 Å². The van der Waals surface area contributed by atoms with Gasteiger partial charge in [-0.05, 0) is 74.2 Å². The van der Waals surface area contributed by atoms with Crippen molar-refractivity contribution in [3.8, 4) is 11.3 Å². The second-order valence-corrected chi connectivity index (χ2v) is 10.9. The summed E-state index contributed by atoms with van der Waals surface area (Å²) in [5.41, 5.74) is 6.35. The second kappa shape index (κ2) is 11.5. The Morgan fingerprint density at radius 1 is 1.08 bits per heavy atom. The van der Waals surface area contributed by atoms with E-state index in [1.165, 1.54) is 54.3 Å². The molecule has 37 heavy (non-hydrogen) atoms. The van der Waals surface area contributed by atoms with Crippen molar-refractivity contribution in [2.24, 2.45) is 0 Å². The quantitative estimate of drug-likeness (QED) is 0.348. The number of halogens is 1. The standard InChI is InChI=1S/C30H38ClN3O3/c1-2-32(17-18-35)13-6-14-33-15-16-34-27-19-22(30(36)37)9-11-24(27)28(21-7-4-3-5-8-21)29(34)25-12-10-23(31)20-26(25)33/h9-12,19-21,35H,2-8,13-18H2,1H3,(H,36,37). The molecule has 0 spiro atoms. The summed E-state index contributed by atoms with van der Waals surface area (Å²) in [4.78, 5) is 16.6. The summed E-state index contributed by atoms with van der Waals surface area (Å²) in [7, 11) is 0. The van der Waals surface area contributed by atoms with Crippen molar-refractivity contribution >= 4 is 34.2 Å². The van der Waals surface area contributed by atoms with Crippen LogP contribution >= 0.6 is 11.6 Å². The molecule has 198 valence electrons. The Bertz CT molecular complexity index is 1260. The number of aliphatic hydroxyl groups excluding tert-OH is 1. The molecule has 0 bridgehead atoms. The molecule has 0 atom stereocenters. The largest absolute Gasteiger partial charge is 0.478 e. The van der Waals surface area contributed by atoms with Crippen LogP contribution in [-0.2, 0) is 6.54 Å². The third-order valence-electron chi connectivity index (χ3n) is 8.28. The molecule has 2 heterocycles. The molecule has 1 saturated carbocycles. The fourth-order valence-corrected chi connectivity index (χ4v) is 6.60. The minimum atomic E-state index is -0.887. The number of hydrogen-bond donors (Lipinski definition) is 2. The van der Waals surface area contributed by atoms with Gasteiger partial charge in [0.05, 0.1) is 17.9 Å². The molecule has 6 nitrogen and oxygen atoms in total. The van der Waals surface area contributed by atoms with Gasteiger partial charge in [0.15, 0.2) is 0 Å². The van der Waals surface area contributed by atoms with E-state index in [1.54, 1.807) is 6.07 Å². The number of aliphatic hydroxyl groups is 1. The average Bonchev–Trinajstić information content (AvgIpc) is 3.15. The van der Waals surface area contributed by atoms with Gasteiger partial charge in [0, 0.05) is 53.4 Å². The second-order valence-electron chi connectivity index (χ2n) is 10.4. The van der Waals surface area contributed by atoms with Gasteiger partial charge < -0.3 is 24.6 Å². The topological polar surface area (TPSA) is 68.9 Å². The number of nitrogens with zero attached hydrogens (tertiary/aromatic N) is 3. The molecule has 0 saturated heterocycles. The smallest absolute Gasteiger partial charge is 0.335 e. The van der Waals surface area contributed by atoms with E-state index >= 15 is 0 Å². The van der Waals surface area contributed by atoms with Crippen LogP contribution < -0.4 is 4.90 Å². The Kier molecular flexibility index (Phi) is 8.08. The Morgan fingerprint density at radius 2 is 1.89 bits per heavy atom. The minimum absolute atomic E-state index is 0.181. The van der Waals surface area contributed by atoms with E-state index in [9.17, 15) is 15.0 Å². The third-order valence-corrected chi connectivity index (χ3v) is 8.51. The van der Waals surface area contributed by atoms with Gasteiger partial charge in [-0.1, -0.05) is 43.9 Å². The molecule has 1 aliphatic heterocycles. The molecule has 0 unspecified atom stereocenters. The summed E-state index contributed by atoms with van der Waals surface area (Å²) >= 11 is 6.56. The number of aromatic carboxylic acids is 1. The van der Waals surface area contributed by atoms with E-state index in [-0.39, 0.29) is 6.61 Å². The lowest BCUT2D eigenvalue weighted by atomic mass is 9.81. The Hall–Kier alpha value is -2.54. The molecule has 3 aromatic rings. The zero-order chi connectivity index (χ0) is 25.9. The number of carboxylic acids is 1. The maximum absolute atomic E-state index is 11.9. The van der Waals surface area contributed by atoms with E-state index in [0.717, 1.165) is 55.4 Å². The normalized spacial score (nSPS) is 16.2. The van der Waals surface area contributed by atoms with Crippen molar-refractivity contribution in [1.82, 2.24) is 9.47 Å². The van der Waals surface area contributed by atoms with Crippen LogP contribution in [0.5, 0.6) is 0 Å². The third kappa shape index (κ3) is 5.25. The van der Waals surface area contributed by atoms with Crippen LogP contribution in [-0.4, -0.2) is 65.0 Å². The van der Waals surface area contributed by atoms with Crippen LogP contribution in [0.2, 0.25) is 5.02 Å². The zero-order valence-corrected chi connectivity index (χ0v) is 22.5. The highest BCUT2D eigenvalue weighted by Crippen LogP contribution is 2.47. The predicted molar refractivity (Wildman–Crippen MR) is 151 cm³/mol. The van der Waals surface area contributed by atoms with E-state index in [4.69, 9.17) is 11.6 Å². The minimum Gasteiger partial charge on any atom is -0.478 e. The summed E-state index contributed by atoms with van der Waals surface area (Å²) in [6, 6.07) is 11.9. The lowest BCUT2D eigenvalue weighted by Crippen LogP contribution is -2.32. The fourth-order valence-electron chi connectivity index (χ4n) is 6.43. The predicted octanol–water partition coefficient (Wildman–Crippen LogP) is 6.23. The number of carbonyl (C=O) groups is 1. The van der Waals surface area contributed by atoms with Gasteiger partial charge in [0.25, 0.3) is 0 Å². The molecule has 2 N–H and O–H groups in total. The van der Waals surface area contributed by atoms with Gasteiger partial charge >= 0.3 is 5.97 Å². The highest BCUT2D eigenvalue weighted by molar-refractivity contribution is 6.31. The molecular weight excluding hydrogens is 486 g/mol.